The molecular weight excluding hydrogens is 322 g/mol. The monoisotopic (exact) mass is 341 g/mol. The van der Waals surface area contributed by atoms with E-state index in [2.05, 4.69) is 23.3 Å². The molecular formula is C18H19N3O2S. The molecule has 1 atom stereocenters. The zero-order valence-electron chi connectivity index (χ0n) is 13.8. The lowest BCUT2D eigenvalue weighted by Crippen LogP contribution is -2.14. The van der Waals surface area contributed by atoms with Crippen molar-refractivity contribution < 1.29 is 9.53 Å². The quantitative estimate of drug-likeness (QED) is 0.918. The molecule has 0 spiro atoms. The highest BCUT2D eigenvalue weighted by atomic mass is 32.1. The molecule has 0 bridgehead atoms. The largest absolute Gasteiger partial charge is 0.477 e. The van der Waals surface area contributed by atoms with Crippen molar-refractivity contribution >= 4 is 22.2 Å². The van der Waals surface area contributed by atoms with Crippen LogP contribution in [0.5, 0.6) is 5.88 Å². The number of hydrogen-bond acceptors (Lipinski definition) is 5. The Morgan fingerprint density at radius 3 is 3.17 bits per heavy atom. The van der Waals surface area contributed by atoms with Gasteiger partial charge >= 0.3 is 0 Å². The Labute approximate surface area is 145 Å². The summed E-state index contributed by atoms with van der Waals surface area (Å²) in [5.74, 6) is 0.634. The number of hydrogen-bond donors (Lipinski definition) is 1. The topological polar surface area (TPSA) is 75.0 Å². The number of nitriles is 1. The van der Waals surface area contributed by atoms with E-state index < -0.39 is 0 Å². The minimum atomic E-state index is -0.297. The Balaban J connectivity index is 1.89. The van der Waals surface area contributed by atoms with Crippen LogP contribution in [-0.2, 0) is 12.8 Å². The van der Waals surface area contributed by atoms with Gasteiger partial charge in [-0.3, -0.25) is 4.79 Å². The molecule has 0 radical (unpaired) electrons. The number of nitrogens with zero attached hydrogens (tertiary/aromatic N) is 2. The lowest BCUT2D eigenvalue weighted by Gasteiger charge is -2.17. The van der Waals surface area contributed by atoms with E-state index in [-0.39, 0.29) is 5.91 Å². The van der Waals surface area contributed by atoms with E-state index in [1.165, 1.54) is 16.2 Å². The Hall–Kier alpha value is -2.39. The van der Waals surface area contributed by atoms with E-state index in [9.17, 15) is 10.1 Å². The summed E-state index contributed by atoms with van der Waals surface area (Å²) >= 11 is 1.52. The van der Waals surface area contributed by atoms with Gasteiger partial charge in [0.2, 0.25) is 5.88 Å². The second-order valence-electron chi connectivity index (χ2n) is 5.91. The minimum absolute atomic E-state index is 0.297. The van der Waals surface area contributed by atoms with E-state index in [4.69, 9.17) is 4.74 Å². The fourth-order valence-electron chi connectivity index (χ4n) is 2.94. The Kier molecular flexibility index (Phi) is 4.81. The maximum absolute atomic E-state index is 12.6. The second kappa shape index (κ2) is 7.02. The number of thiophene rings is 1. The normalized spacial score (nSPS) is 16.1. The van der Waals surface area contributed by atoms with E-state index in [0.717, 1.165) is 24.8 Å². The van der Waals surface area contributed by atoms with Crippen LogP contribution in [0.3, 0.4) is 0 Å². The number of nitrogens with one attached hydrogen (secondary N) is 1. The molecule has 0 fully saturated rings. The number of pyridine rings is 1. The SMILES string of the molecule is CCOc1ncccc1C(=O)Nc1sc2c(c1C#N)CC[C@@H](C)C2. The van der Waals surface area contributed by atoms with Crippen LogP contribution >= 0.6 is 11.3 Å². The van der Waals surface area contributed by atoms with Crippen LogP contribution in [0, 0.1) is 17.2 Å². The number of amides is 1. The fraction of sp³-hybridized carbons (Fsp3) is 0.389. The second-order valence-corrected chi connectivity index (χ2v) is 7.02. The molecule has 0 aliphatic heterocycles. The lowest BCUT2D eigenvalue weighted by atomic mass is 9.88. The standard InChI is InChI=1S/C18H19N3O2S/c1-3-23-17-13(5-4-8-20-17)16(22)21-18-14(10-19)12-7-6-11(2)9-15(12)24-18/h4-5,8,11H,3,6-7,9H2,1-2H3,(H,21,22)/t11-/m1/s1. The molecule has 5 nitrogen and oxygen atoms in total. The van der Waals surface area contributed by atoms with Crippen LogP contribution in [0.4, 0.5) is 5.00 Å². The zero-order valence-corrected chi connectivity index (χ0v) is 14.6. The Morgan fingerprint density at radius 2 is 2.42 bits per heavy atom. The van der Waals surface area contributed by atoms with Crippen LogP contribution in [-0.4, -0.2) is 17.5 Å². The average molecular weight is 341 g/mol. The maximum atomic E-state index is 12.6. The number of anilines is 1. The molecule has 1 aliphatic carbocycles. The third-order valence-corrected chi connectivity index (χ3v) is 5.32. The van der Waals surface area contributed by atoms with Gasteiger partial charge in [-0.2, -0.15) is 5.26 Å². The molecule has 0 unspecified atom stereocenters. The summed E-state index contributed by atoms with van der Waals surface area (Å²) in [5.41, 5.74) is 2.09. The van der Waals surface area contributed by atoms with Gasteiger partial charge in [-0.05, 0) is 49.8 Å². The summed E-state index contributed by atoms with van der Waals surface area (Å²) in [4.78, 5) is 17.9. The van der Waals surface area contributed by atoms with Gasteiger partial charge in [0.1, 0.15) is 16.6 Å². The first-order valence-electron chi connectivity index (χ1n) is 8.07. The zero-order chi connectivity index (χ0) is 17.1. The molecule has 0 saturated carbocycles. The van der Waals surface area contributed by atoms with E-state index in [0.29, 0.717) is 34.5 Å². The van der Waals surface area contributed by atoms with Crippen molar-refractivity contribution in [1.82, 2.24) is 4.98 Å². The molecule has 1 N–H and O–H groups in total. The van der Waals surface area contributed by atoms with Crippen molar-refractivity contribution in [2.24, 2.45) is 5.92 Å². The molecule has 0 saturated heterocycles. The Bertz CT molecular complexity index is 807. The molecule has 6 heteroatoms. The highest BCUT2D eigenvalue weighted by Crippen LogP contribution is 2.39. The van der Waals surface area contributed by atoms with Crippen molar-refractivity contribution in [3.8, 4) is 11.9 Å². The highest BCUT2D eigenvalue weighted by Gasteiger charge is 2.25. The van der Waals surface area contributed by atoms with Gasteiger partial charge in [-0.25, -0.2) is 4.98 Å². The molecule has 1 aliphatic rings. The molecule has 2 heterocycles. The summed E-state index contributed by atoms with van der Waals surface area (Å²) in [5, 5.41) is 13.0. The first kappa shape index (κ1) is 16.5. The maximum Gasteiger partial charge on any atom is 0.261 e. The van der Waals surface area contributed by atoms with Crippen molar-refractivity contribution in [2.75, 3.05) is 11.9 Å². The predicted molar refractivity (Wildman–Crippen MR) is 93.6 cm³/mol. The third kappa shape index (κ3) is 3.13. The predicted octanol–water partition coefficient (Wildman–Crippen LogP) is 3.79. The van der Waals surface area contributed by atoms with Gasteiger partial charge in [-0.1, -0.05) is 6.92 Å². The summed E-state index contributed by atoms with van der Waals surface area (Å²) < 4.78 is 5.41. The number of fused-ring (bicyclic) bond motifs is 1. The molecule has 1 amide bonds. The summed E-state index contributed by atoms with van der Waals surface area (Å²) in [7, 11) is 0. The highest BCUT2D eigenvalue weighted by molar-refractivity contribution is 7.16. The number of rotatable bonds is 4. The molecule has 2 aromatic rings. The van der Waals surface area contributed by atoms with Crippen molar-refractivity contribution in [1.29, 1.82) is 5.26 Å². The van der Waals surface area contributed by atoms with Crippen LogP contribution in [0.15, 0.2) is 18.3 Å². The van der Waals surface area contributed by atoms with Crippen LogP contribution in [0.2, 0.25) is 0 Å². The van der Waals surface area contributed by atoms with Gasteiger partial charge in [0.15, 0.2) is 0 Å². The van der Waals surface area contributed by atoms with E-state index in [1.54, 1.807) is 18.3 Å². The van der Waals surface area contributed by atoms with Crippen molar-refractivity contribution in [3.05, 3.63) is 39.9 Å². The number of carbonyl (C=O) groups excluding carboxylic acids is 1. The molecule has 124 valence electrons. The van der Waals surface area contributed by atoms with Crippen LogP contribution in [0.25, 0.3) is 0 Å². The molecule has 0 aromatic carbocycles. The number of aromatic nitrogens is 1. The summed E-state index contributed by atoms with van der Waals surface area (Å²) in [6.07, 6.45) is 4.56. The number of carbonyl (C=O) groups is 1. The van der Waals surface area contributed by atoms with Gasteiger partial charge in [0, 0.05) is 11.1 Å². The van der Waals surface area contributed by atoms with Crippen molar-refractivity contribution in [3.63, 3.8) is 0 Å². The van der Waals surface area contributed by atoms with Gasteiger partial charge in [0.25, 0.3) is 5.91 Å². The lowest BCUT2D eigenvalue weighted by molar-refractivity contribution is 0.102. The average Bonchev–Trinajstić information content (AvgIpc) is 2.91. The number of ether oxygens (including phenoxy) is 1. The third-order valence-electron chi connectivity index (χ3n) is 4.15. The fourth-order valence-corrected chi connectivity index (χ4v) is 4.30. The molecule has 2 aromatic heterocycles. The molecule has 3 rings (SSSR count). The van der Waals surface area contributed by atoms with Gasteiger partial charge in [-0.15, -0.1) is 11.3 Å². The van der Waals surface area contributed by atoms with Gasteiger partial charge < -0.3 is 10.1 Å². The minimum Gasteiger partial charge on any atom is -0.477 e. The van der Waals surface area contributed by atoms with E-state index in [1.807, 2.05) is 6.92 Å². The first-order chi connectivity index (χ1) is 11.6. The molecule has 24 heavy (non-hydrogen) atoms. The van der Waals surface area contributed by atoms with Crippen molar-refractivity contribution in [2.45, 2.75) is 33.1 Å². The summed E-state index contributed by atoms with van der Waals surface area (Å²) in [6.45, 7) is 4.50. The van der Waals surface area contributed by atoms with Crippen LogP contribution < -0.4 is 10.1 Å². The summed E-state index contributed by atoms with van der Waals surface area (Å²) in [6, 6.07) is 5.64. The Morgan fingerprint density at radius 1 is 1.58 bits per heavy atom. The van der Waals surface area contributed by atoms with Gasteiger partial charge in [0.05, 0.1) is 12.2 Å². The smallest absolute Gasteiger partial charge is 0.261 e. The first-order valence-corrected chi connectivity index (χ1v) is 8.89. The van der Waals surface area contributed by atoms with E-state index >= 15 is 0 Å². The van der Waals surface area contributed by atoms with Crippen LogP contribution in [0.1, 0.15) is 46.6 Å².